The predicted octanol–water partition coefficient (Wildman–Crippen LogP) is 3.28. The van der Waals surface area contributed by atoms with Crippen molar-refractivity contribution >= 4 is 0 Å². The standard InChI is InChI=1S/C16H36N2O/c1-6-7-8-9-10-16(4,14-17)18(11-12-19-5)13-15(2)3/h15H,6-14,17H2,1-5H3. The second kappa shape index (κ2) is 10.6. The third-order valence-electron chi connectivity index (χ3n) is 3.92. The Labute approximate surface area is 120 Å². The molecule has 2 N–H and O–H groups in total. The molecule has 0 fully saturated rings. The molecule has 19 heavy (non-hydrogen) atoms. The minimum absolute atomic E-state index is 0.122. The number of hydrogen-bond acceptors (Lipinski definition) is 3. The maximum atomic E-state index is 6.09. The summed E-state index contributed by atoms with van der Waals surface area (Å²) in [5, 5.41) is 0. The van der Waals surface area contributed by atoms with E-state index in [1.165, 1.54) is 32.1 Å². The number of hydrogen-bond donors (Lipinski definition) is 1. The summed E-state index contributed by atoms with van der Waals surface area (Å²) in [6.07, 6.45) is 6.43. The number of unbranched alkanes of at least 4 members (excludes halogenated alkanes) is 3. The molecule has 0 aliphatic rings. The molecule has 1 atom stereocenters. The van der Waals surface area contributed by atoms with E-state index in [-0.39, 0.29) is 5.54 Å². The lowest BCUT2D eigenvalue weighted by molar-refractivity contribution is 0.0535. The fraction of sp³-hybridized carbons (Fsp3) is 1.00. The molecule has 3 heteroatoms. The molecule has 0 aliphatic heterocycles. The molecule has 0 spiro atoms. The van der Waals surface area contributed by atoms with Crippen molar-refractivity contribution in [3.8, 4) is 0 Å². The van der Waals surface area contributed by atoms with Gasteiger partial charge in [-0.2, -0.15) is 0 Å². The Morgan fingerprint density at radius 2 is 1.89 bits per heavy atom. The minimum atomic E-state index is 0.122. The molecule has 0 aromatic carbocycles. The van der Waals surface area contributed by atoms with Gasteiger partial charge in [0.15, 0.2) is 0 Å². The molecule has 0 amide bonds. The topological polar surface area (TPSA) is 38.5 Å². The van der Waals surface area contributed by atoms with Gasteiger partial charge in [0.25, 0.3) is 0 Å². The van der Waals surface area contributed by atoms with E-state index in [1.807, 2.05) is 0 Å². The van der Waals surface area contributed by atoms with E-state index in [4.69, 9.17) is 10.5 Å². The first-order chi connectivity index (χ1) is 9.00. The second-order valence-electron chi connectivity index (χ2n) is 6.34. The normalized spacial score (nSPS) is 15.2. The lowest BCUT2D eigenvalue weighted by Crippen LogP contribution is -2.54. The van der Waals surface area contributed by atoms with E-state index >= 15 is 0 Å². The first kappa shape index (κ1) is 18.9. The highest BCUT2D eigenvalue weighted by atomic mass is 16.5. The zero-order chi connectivity index (χ0) is 14.7. The summed E-state index contributed by atoms with van der Waals surface area (Å²) in [5.74, 6) is 0.665. The smallest absolute Gasteiger partial charge is 0.0589 e. The van der Waals surface area contributed by atoms with Crippen molar-refractivity contribution in [3.05, 3.63) is 0 Å². The van der Waals surface area contributed by atoms with Crippen LogP contribution in [0.3, 0.4) is 0 Å². The van der Waals surface area contributed by atoms with Crippen LogP contribution >= 0.6 is 0 Å². The molecule has 0 saturated heterocycles. The zero-order valence-corrected chi connectivity index (χ0v) is 13.9. The summed E-state index contributed by atoms with van der Waals surface area (Å²) in [6, 6.07) is 0. The van der Waals surface area contributed by atoms with Crippen molar-refractivity contribution in [1.29, 1.82) is 0 Å². The van der Waals surface area contributed by atoms with Gasteiger partial charge in [-0.3, -0.25) is 4.90 Å². The number of rotatable bonds is 12. The van der Waals surface area contributed by atoms with Gasteiger partial charge in [0, 0.05) is 32.3 Å². The van der Waals surface area contributed by atoms with E-state index in [2.05, 4.69) is 32.6 Å². The van der Waals surface area contributed by atoms with Crippen LogP contribution in [0.4, 0.5) is 0 Å². The summed E-state index contributed by atoms with van der Waals surface area (Å²) < 4.78 is 5.25. The Balaban J connectivity index is 4.47. The summed E-state index contributed by atoms with van der Waals surface area (Å²) in [6.45, 7) is 12.7. The Morgan fingerprint density at radius 3 is 2.37 bits per heavy atom. The van der Waals surface area contributed by atoms with Gasteiger partial charge in [-0.1, -0.05) is 46.5 Å². The molecule has 116 valence electrons. The van der Waals surface area contributed by atoms with E-state index < -0.39 is 0 Å². The Morgan fingerprint density at radius 1 is 1.21 bits per heavy atom. The van der Waals surface area contributed by atoms with Crippen molar-refractivity contribution < 1.29 is 4.74 Å². The molecule has 0 aliphatic carbocycles. The van der Waals surface area contributed by atoms with Crippen LogP contribution in [0.25, 0.3) is 0 Å². The van der Waals surface area contributed by atoms with Crippen molar-refractivity contribution in [2.75, 3.05) is 33.4 Å². The lowest BCUT2D eigenvalue weighted by atomic mass is 9.91. The first-order valence-corrected chi connectivity index (χ1v) is 7.94. The highest BCUT2D eigenvalue weighted by Gasteiger charge is 2.29. The lowest BCUT2D eigenvalue weighted by Gasteiger charge is -2.42. The maximum absolute atomic E-state index is 6.09. The SMILES string of the molecule is CCCCCCC(C)(CN)N(CCOC)CC(C)C. The molecule has 0 heterocycles. The van der Waals surface area contributed by atoms with Crippen LogP contribution in [0.2, 0.25) is 0 Å². The summed E-state index contributed by atoms with van der Waals surface area (Å²) in [7, 11) is 1.77. The fourth-order valence-electron chi connectivity index (χ4n) is 2.55. The molecule has 0 rings (SSSR count). The molecule has 0 bridgehead atoms. The van der Waals surface area contributed by atoms with Crippen LogP contribution in [-0.4, -0.2) is 43.8 Å². The minimum Gasteiger partial charge on any atom is -0.383 e. The van der Waals surface area contributed by atoms with E-state index in [0.717, 1.165) is 26.2 Å². The van der Waals surface area contributed by atoms with Gasteiger partial charge in [-0.15, -0.1) is 0 Å². The molecule has 1 unspecified atom stereocenters. The Kier molecular flexibility index (Phi) is 10.6. The molecule has 0 aromatic heterocycles. The van der Waals surface area contributed by atoms with Gasteiger partial charge in [0.1, 0.15) is 0 Å². The number of ether oxygens (including phenoxy) is 1. The number of nitrogens with two attached hydrogens (primary N) is 1. The largest absolute Gasteiger partial charge is 0.383 e. The van der Waals surface area contributed by atoms with Gasteiger partial charge in [0.05, 0.1) is 6.61 Å². The monoisotopic (exact) mass is 272 g/mol. The van der Waals surface area contributed by atoms with Crippen LogP contribution in [0.1, 0.15) is 59.8 Å². The van der Waals surface area contributed by atoms with Crippen molar-refractivity contribution in [2.45, 2.75) is 65.3 Å². The Hall–Kier alpha value is -0.120. The first-order valence-electron chi connectivity index (χ1n) is 7.94. The molecular weight excluding hydrogens is 236 g/mol. The summed E-state index contributed by atoms with van der Waals surface area (Å²) in [5.41, 5.74) is 6.21. The summed E-state index contributed by atoms with van der Waals surface area (Å²) >= 11 is 0. The number of methoxy groups -OCH3 is 1. The van der Waals surface area contributed by atoms with Crippen molar-refractivity contribution in [3.63, 3.8) is 0 Å². The van der Waals surface area contributed by atoms with Gasteiger partial charge in [-0.25, -0.2) is 0 Å². The predicted molar refractivity (Wildman–Crippen MR) is 84.5 cm³/mol. The average Bonchev–Trinajstić information content (AvgIpc) is 2.39. The highest BCUT2D eigenvalue weighted by Crippen LogP contribution is 2.23. The maximum Gasteiger partial charge on any atom is 0.0589 e. The van der Waals surface area contributed by atoms with Crippen molar-refractivity contribution in [1.82, 2.24) is 4.90 Å². The third kappa shape index (κ3) is 7.91. The van der Waals surface area contributed by atoms with Gasteiger partial charge in [0.2, 0.25) is 0 Å². The summed E-state index contributed by atoms with van der Waals surface area (Å²) in [4.78, 5) is 2.53. The van der Waals surface area contributed by atoms with Crippen molar-refractivity contribution in [2.24, 2.45) is 11.7 Å². The average molecular weight is 272 g/mol. The van der Waals surface area contributed by atoms with Crippen LogP contribution in [0, 0.1) is 5.92 Å². The fourth-order valence-corrected chi connectivity index (χ4v) is 2.55. The zero-order valence-electron chi connectivity index (χ0n) is 13.9. The number of nitrogens with zero attached hydrogens (tertiary/aromatic N) is 1. The molecule has 0 radical (unpaired) electrons. The van der Waals surface area contributed by atoms with E-state index in [0.29, 0.717) is 5.92 Å². The second-order valence-corrected chi connectivity index (χ2v) is 6.34. The molecule has 3 nitrogen and oxygen atoms in total. The quantitative estimate of drug-likeness (QED) is 0.554. The molecular formula is C16H36N2O. The van der Waals surface area contributed by atoms with Crippen LogP contribution in [0.15, 0.2) is 0 Å². The van der Waals surface area contributed by atoms with Crippen LogP contribution in [0.5, 0.6) is 0 Å². The molecule has 0 aromatic rings. The van der Waals surface area contributed by atoms with Gasteiger partial charge >= 0.3 is 0 Å². The van der Waals surface area contributed by atoms with Gasteiger partial charge < -0.3 is 10.5 Å². The Bertz CT molecular complexity index is 209. The van der Waals surface area contributed by atoms with Crippen LogP contribution < -0.4 is 5.73 Å². The van der Waals surface area contributed by atoms with Crippen LogP contribution in [-0.2, 0) is 4.74 Å². The third-order valence-corrected chi connectivity index (χ3v) is 3.92. The molecule has 0 saturated carbocycles. The highest BCUT2D eigenvalue weighted by molar-refractivity contribution is 4.87. The van der Waals surface area contributed by atoms with E-state index in [1.54, 1.807) is 7.11 Å². The van der Waals surface area contributed by atoms with Gasteiger partial charge in [-0.05, 0) is 19.3 Å². The van der Waals surface area contributed by atoms with E-state index in [9.17, 15) is 0 Å².